The Labute approximate surface area is 153 Å². The number of hydrogen-bond acceptors (Lipinski definition) is 4. The molecule has 0 unspecified atom stereocenters. The van der Waals surface area contributed by atoms with Crippen LogP contribution in [0, 0.1) is 6.92 Å². The van der Waals surface area contributed by atoms with Crippen LogP contribution in [-0.2, 0) is 23.0 Å². The minimum Gasteiger partial charge on any atom is -0.493 e. The number of hydrogen-bond donors (Lipinski definition) is 0. The number of sulfonamides is 1. The minimum atomic E-state index is -3.60. The highest BCUT2D eigenvalue weighted by molar-refractivity contribution is 7.89. The normalized spacial score (nSPS) is 14.9. The van der Waals surface area contributed by atoms with Crippen molar-refractivity contribution < 1.29 is 17.9 Å². The lowest BCUT2D eigenvalue weighted by Crippen LogP contribution is -2.36. The molecular weight excluding hydrogens is 362 g/mol. The molecule has 1 aliphatic rings. The predicted molar refractivity (Wildman–Crippen MR) is 97.0 cm³/mol. The average Bonchev–Trinajstić information content (AvgIpc) is 2.62. The summed E-state index contributed by atoms with van der Waals surface area (Å²) in [7, 11) is -0.449. The molecule has 1 heterocycles. The van der Waals surface area contributed by atoms with E-state index < -0.39 is 10.0 Å². The summed E-state index contributed by atoms with van der Waals surface area (Å²) in [5, 5.41) is 0.449. The topological polar surface area (TPSA) is 55.8 Å². The number of halogens is 1. The van der Waals surface area contributed by atoms with E-state index in [1.807, 2.05) is 19.1 Å². The maximum absolute atomic E-state index is 12.9. The zero-order chi connectivity index (χ0) is 18.2. The summed E-state index contributed by atoms with van der Waals surface area (Å²) in [5.74, 6) is 1.25. The van der Waals surface area contributed by atoms with Crippen molar-refractivity contribution in [1.29, 1.82) is 0 Å². The van der Waals surface area contributed by atoms with Crippen molar-refractivity contribution in [3.8, 4) is 11.5 Å². The van der Waals surface area contributed by atoms with E-state index in [1.54, 1.807) is 26.4 Å². The van der Waals surface area contributed by atoms with Crippen molar-refractivity contribution in [3.05, 3.63) is 52.0 Å². The van der Waals surface area contributed by atoms with E-state index in [1.165, 1.54) is 10.4 Å². The van der Waals surface area contributed by atoms with Gasteiger partial charge in [0.15, 0.2) is 11.5 Å². The van der Waals surface area contributed by atoms with Crippen LogP contribution in [0.25, 0.3) is 0 Å². The van der Waals surface area contributed by atoms with Gasteiger partial charge in [-0.3, -0.25) is 0 Å². The van der Waals surface area contributed by atoms with E-state index in [4.69, 9.17) is 21.1 Å². The fourth-order valence-corrected chi connectivity index (χ4v) is 4.64. The first kappa shape index (κ1) is 18.0. The number of rotatable bonds is 4. The highest BCUT2D eigenvalue weighted by Crippen LogP contribution is 2.34. The molecule has 1 aliphatic heterocycles. The van der Waals surface area contributed by atoms with E-state index in [0.717, 1.165) is 16.7 Å². The Hall–Kier alpha value is -1.76. The first-order valence-electron chi connectivity index (χ1n) is 7.87. The zero-order valence-corrected chi connectivity index (χ0v) is 15.9. The zero-order valence-electron chi connectivity index (χ0n) is 14.4. The van der Waals surface area contributed by atoms with Gasteiger partial charge in [-0.25, -0.2) is 8.42 Å². The fraction of sp³-hybridized carbons (Fsp3) is 0.333. The highest BCUT2D eigenvalue weighted by atomic mass is 35.5. The Bertz CT molecular complexity index is 912. The molecule has 0 fully saturated rings. The summed E-state index contributed by atoms with van der Waals surface area (Å²) >= 11 is 6.10. The van der Waals surface area contributed by atoms with Gasteiger partial charge >= 0.3 is 0 Å². The minimum absolute atomic E-state index is 0.215. The molecule has 0 aromatic heterocycles. The van der Waals surface area contributed by atoms with E-state index in [2.05, 4.69) is 0 Å². The van der Waals surface area contributed by atoms with Crippen LogP contribution in [0.4, 0.5) is 0 Å². The number of ether oxygens (including phenoxy) is 2. The van der Waals surface area contributed by atoms with Crippen molar-refractivity contribution in [2.24, 2.45) is 0 Å². The van der Waals surface area contributed by atoms with Crippen LogP contribution in [0.3, 0.4) is 0 Å². The molecule has 5 nitrogen and oxygen atoms in total. The number of nitrogens with zero attached hydrogens (tertiary/aromatic N) is 1. The largest absolute Gasteiger partial charge is 0.493 e. The molecule has 0 spiro atoms. The second kappa shape index (κ2) is 6.86. The monoisotopic (exact) mass is 381 g/mol. The van der Waals surface area contributed by atoms with Crippen molar-refractivity contribution in [2.45, 2.75) is 24.8 Å². The van der Waals surface area contributed by atoms with Gasteiger partial charge in [-0.15, -0.1) is 0 Å². The van der Waals surface area contributed by atoms with Crippen molar-refractivity contribution in [3.63, 3.8) is 0 Å². The summed E-state index contributed by atoms with van der Waals surface area (Å²) in [6.07, 6.45) is 0.620. The first-order valence-corrected chi connectivity index (χ1v) is 9.68. The van der Waals surface area contributed by atoms with Crippen LogP contribution in [0.1, 0.15) is 16.7 Å². The van der Waals surface area contributed by atoms with Crippen molar-refractivity contribution in [2.75, 3.05) is 20.8 Å². The lowest BCUT2D eigenvalue weighted by molar-refractivity contribution is 0.348. The first-order chi connectivity index (χ1) is 11.9. The van der Waals surface area contributed by atoms with Crippen LogP contribution < -0.4 is 9.47 Å². The van der Waals surface area contributed by atoms with E-state index in [-0.39, 0.29) is 4.90 Å². The van der Waals surface area contributed by atoms with E-state index >= 15 is 0 Å². The van der Waals surface area contributed by atoms with Crippen molar-refractivity contribution >= 4 is 21.6 Å². The third-order valence-electron chi connectivity index (χ3n) is 4.46. The Morgan fingerprint density at radius 3 is 2.28 bits per heavy atom. The summed E-state index contributed by atoms with van der Waals surface area (Å²) < 4.78 is 38.0. The van der Waals surface area contributed by atoms with Gasteiger partial charge in [0.25, 0.3) is 0 Å². The number of benzene rings is 2. The van der Waals surface area contributed by atoms with Gasteiger partial charge in [-0.05, 0) is 54.3 Å². The summed E-state index contributed by atoms with van der Waals surface area (Å²) in [4.78, 5) is 0.215. The van der Waals surface area contributed by atoms with Crippen LogP contribution in [0.15, 0.2) is 35.2 Å². The second-order valence-corrected chi connectivity index (χ2v) is 8.32. The molecule has 3 rings (SSSR count). The molecule has 0 aliphatic carbocycles. The predicted octanol–water partition coefficient (Wildman–Crippen LogP) is 3.41. The third kappa shape index (κ3) is 3.34. The standard InChI is InChI=1S/C18H20ClNO4S/c1-12-4-5-15(10-16(12)19)25(21,22)20-7-6-13-8-17(23-2)18(24-3)9-14(13)11-20/h4-5,8-10H,6-7,11H2,1-3H3. The van der Waals surface area contributed by atoms with Gasteiger partial charge in [-0.2, -0.15) is 4.31 Å². The molecule has 0 bridgehead atoms. The van der Waals surface area contributed by atoms with Gasteiger partial charge in [0.1, 0.15) is 0 Å². The van der Waals surface area contributed by atoms with E-state index in [9.17, 15) is 8.42 Å². The molecule has 0 saturated carbocycles. The Kier molecular flexibility index (Phi) is 4.95. The SMILES string of the molecule is COc1cc2c(cc1OC)CN(S(=O)(=O)c1ccc(C)c(Cl)c1)CC2. The van der Waals surface area contributed by atoms with Gasteiger partial charge in [-0.1, -0.05) is 17.7 Å². The van der Waals surface area contributed by atoms with E-state index in [0.29, 0.717) is 36.0 Å². The van der Waals surface area contributed by atoms with Gasteiger partial charge in [0, 0.05) is 18.1 Å². The molecule has 0 N–H and O–H groups in total. The summed E-state index contributed by atoms with van der Waals surface area (Å²) in [5.41, 5.74) is 2.85. The summed E-state index contributed by atoms with van der Waals surface area (Å²) in [6.45, 7) is 2.55. The number of methoxy groups -OCH3 is 2. The molecule has 0 radical (unpaired) electrons. The van der Waals surface area contributed by atoms with Gasteiger partial charge in [0.05, 0.1) is 19.1 Å². The van der Waals surface area contributed by atoms with Crippen molar-refractivity contribution in [1.82, 2.24) is 4.31 Å². The summed E-state index contributed by atoms with van der Waals surface area (Å²) in [6, 6.07) is 8.59. The fourth-order valence-electron chi connectivity index (χ4n) is 2.95. The highest BCUT2D eigenvalue weighted by Gasteiger charge is 2.29. The van der Waals surface area contributed by atoms with Crippen LogP contribution in [0.2, 0.25) is 5.02 Å². The third-order valence-corrected chi connectivity index (χ3v) is 6.71. The Balaban J connectivity index is 1.95. The lowest BCUT2D eigenvalue weighted by Gasteiger charge is -2.29. The maximum Gasteiger partial charge on any atom is 0.243 e. The smallest absolute Gasteiger partial charge is 0.243 e. The van der Waals surface area contributed by atoms with Crippen LogP contribution in [0.5, 0.6) is 11.5 Å². The molecule has 134 valence electrons. The maximum atomic E-state index is 12.9. The lowest BCUT2D eigenvalue weighted by atomic mass is 10.0. The van der Waals surface area contributed by atoms with Crippen LogP contribution >= 0.6 is 11.6 Å². The number of aryl methyl sites for hydroxylation is 1. The molecule has 2 aromatic carbocycles. The molecule has 0 amide bonds. The molecule has 0 saturated heterocycles. The molecule has 7 heteroatoms. The Morgan fingerprint density at radius 1 is 1.04 bits per heavy atom. The van der Waals surface area contributed by atoms with Gasteiger partial charge < -0.3 is 9.47 Å². The molecule has 25 heavy (non-hydrogen) atoms. The molecular formula is C18H20ClNO4S. The average molecular weight is 382 g/mol. The molecule has 2 aromatic rings. The Morgan fingerprint density at radius 2 is 1.68 bits per heavy atom. The molecule has 0 atom stereocenters. The second-order valence-electron chi connectivity index (χ2n) is 5.98. The van der Waals surface area contributed by atoms with Gasteiger partial charge in [0.2, 0.25) is 10.0 Å². The van der Waals surface area contributed by atoms with Crippen LogP contribution in [-0.4, -0.2) is 33.5 Å². The number of fused-ring (bicyclic) bond motifs is 1. The quantitative estimate of drug-likeness (QED) is 0.814.